The normalized spacial score (nSPS) is 13.8. The molecule has 0 radical (unpaired) electrons. The van der Waals surface area contributed by atoms with E-state index in [9.17, 15) is 9.18 Å². The Morgan fingerprint density at radius 1 is 0.947 bits per heavy atom. The summed E-state index contributed by atoms with van der Waals surface area (Å²) in [6, 6.07) is 28.5. The third-order valence-electron chi connectivity index (χ3n) is 7.24. The molecule has 1 aliphatic rings. The van der Waals surface area contributed by atoms with Gasteiger partial charge in [-0.05, 0) is 52.9 Å². The van der Waals surface area contributed by atoms with E-state index in [1.54, 1.807) is 12.3 Å². The maximum Gasteiger partial charge on any atom is 0.223 e. The first-order chi connectivity index (χ1) is 18.7. The van der Waals surface area contributed by atoms with Gasteiger partial charge in [0.1, 0.15) is 12.4 Å². The molecule has 190 valence electrons. The number of rotatable bonds is 7. The number of carbonyl (C=O) groups excluding carboxylic acids is 1. The second kappa shape index (κ2) is 10.5. The summed E-state index contributed by atoms with van der Waals surface area (Å²) in [7, 11) is 0. The average Bonchev–Trinajstić information content (AvgIpc) is 3.39. The highest BCUT2D eigenvalue weighted by Crippen LogP contribution is 2.33. The van der Waals surface area contributed by atoms with Gasteiger partial charge >= 0.3 is 0 Å². The van der Waals surface area contributed by atoms with Crippen molar-refractivity contribution in [3.8, 4) is 5.75 Å². The first-order valence-electron chi connectivity index (χ1n) is 12.9. The van der Waals surface area contributed by atoms with Crippen molar-refractivity contribution in [2.45, 2.75) is 31.9 Å². The van der Waals surface area contributed by atoms with Crippen LogP contribution in [0.5, 0.6) is 5.75 Å². The predicted molar refractivity (Wildman–Crippen MR) is 144 cm³/mol. The van der Waals surface area contributed by atoms with Crippen LogP contribution in [0.15, 0.2) is 103 Å². The third kappa shape index (κ3) is 4.90. The lowest BCUT2D eigenvalue weighted by Crippen LogP contribution is -2.36. The number of benzene rings is 3. The number of halogens is 1. The van der Waals surface area contributed by atoms with Crippen LogP contribution in [-0.2, 0) is 24.4 Å². The van der Waals surface area contributed by atoms with E-state index in [0.717, 1.165) is 23.2 Å². The van der Waals surface area contributed by atoms with E-state index in [4.69, 9.17) is 4.74 Å². The SMILES string of the molecule is O=C(CC(c1cccc(F)c1)c1cnc2c(OCc3ccccc3)cccn12)N1CCc2ccccc2C1. The second-order valence-corrected chi connectivity index (χ2v) is 9.67. The number of carbonyl (C=O) groups is 1. The van der Waals surface area contributed by atoms with E-state index < -0.39 is 0 Å². The van der Waals surface area contributed by atoms with E-state index in [1.165, 1.54) is 23.3 Å². The topological polar surface area (TPSA) is 46.8 Å². The van der Waals surface area contributed by atoms with Gasteiger partial charge in [0.25, 0.3) is 0 Å². The third-order valence-corrected chi connectivity index (χ3v) is 7.24. The number of hydrogen-bond acceptors (Lipinski definition) is 3. The Morgan fingerprint density at radius 2 is 1.76 bits per heavy atom. The summed E-state index contributed by atoms with van der Waals surface area (Å²) in [6.07, 6.45) is 4.75. The summed E-state index contributed by atoms with van der Waals surface area (Å²) in [5.74, 6) is 0.00190. The zero-order valence-electron chi connectivity index (χ0n) is 21.0. The minimum Gasteiger partial charge on any atom is -0.485 e. The highest BCUT2D eigenvalue weighted by molar-refractivity contribution is 5.78. The van der Waals surface area contributed by atoms with Crippen LogP contribution in [0.2, 0.25) is 0 Å². The molecule has 0 aliphatic carbocycles. The molecule has 0 fully saturated rings. The number of fused-ring (bicyclic) bond motifs is 2. The Balaban J connectivity index is 1.31. The lowest BCUT2D eigenvalue weighted by atomic mass is 9.91. The molecule has 1 aliphatic heterocycles. The van der Waals surface area contributed by atoms with Gasteiger partial charge in [-0.3, -0.25) is 4.79 Å². The van der Waals surface area contributed by atoms with Crippen LogP contribution in [0.3, 0.4) is 0 Å². The summed E-state index contributed by atoms with van der Waals surface area (Å²) in [4.78, 5) is 20.2. The number of aromatic nitrogens is 2. The van der Waals surface area contributed by atoms with E-state index in [2.05, 4.69) is 17.1 Å². The Bertz CT molecular complexity index is 1580. The molecule has 5 nitrogen and oxygen atoms in total. The molecule has 1 atom stereocenters. The fourth-order valence-electron chi connectivity index (χ4n) is 5.24. The van der Waals surface area contributed by atoms with Gasteiger partial charge in [-0.2, -0.15) is 0 Å². The van der Waals surface area contributed by atoms with Crippen LogP contribution in [0, 0.1) is 5.82 Å². The van der Waals surface area contributed by atoms with Crippen molar-refractivity contribution in [3.05, 3.63) is 137 Å². The van der Waals surface area contributed by atoms with Crippen LogP contribution in [0.1, 0.15) is 40.3 Å². The van der Waals surface area contributed by atoms with E-state index in [1.807, 2.05) is 76.2 Å². The summed E-state index contributed by atoms with van der Waals surface area (Å²) < 4.78 is 22.4. The smallest absolute Gasteiger partial charge is 0.223 e. The minimum absolute atomic E-state index is 0.0418. The maximum atomic E-state index is 14.3. The van der Waals surface area contributed by atoms with Crippen LogP contribution in [-0.4, -0.2) is 26.7 Å². The van der Waals surface area contributed by atoms with Crippen LogP contribution < -0.4 is 4.74 Å². The van der Waals surface area contributed by atoms with Crippen molar-refractivity contribution in [2.75, 3.05) is 6.54 Å². The van der Waals surface area contributed by atoms with Crippen LogP contribution in [0.4, 0.5) is 4.39 Å². The number of hydrogen-bond donors (Lipinski definition) is 0. The van der Waals surface area contributed by atoms with Gasteiger partial charge in [0.2, 0.25) is 5.91 Å². The molecule has 0 N–H and O–H groups in total. The molecule has 0 bridgehead atoms. The van der Waals surface area contributed by atoms with Gasteiger partial charge < -0.3 is 14.0 Å². The van der Waals surface area contributed by atoms with Crippen molar-refractivity contribution >= 4 is 11.6 Å². The van der Waals surface area contributed by atoms with Gasteiger partial charge in [-0.15, -0.1) is 0 Å². The number of imidazole rings is 1. The standard InChI is InChI=1S/C32H28FN3O2/c33-27-13-6-12-25(18-27)28(19-31(37)35-17-15-24-10-4-5-11-26(24)21-35)29-20-34-32-30(14-7-16-36(29)32)38-22-23-8-2-1-3-9-23/h1-14,16,18,20,28H,15,17,19,21-22H2. The van der Waals surface area contributed by atoms with Gasteiger partial charge in [0, 0.05) is 37.8 Å². The molecule has 3 aromatic carbocycles. The molecule has 6 heteroatoms. The monoisotopic (exact) mass is 505 g/mol. The molecular formula is C32H28FN3O2. The number of ether oxygens (including phenoxy) is 1. The van der Waals surface area contributed by atoms with Crippen molar-refractivity contribution in [2.24, 2.45) is 0 Å². The largest absolute Gasteiger partial charge is 0.485 e. The molecule has 0 spiro atoms. The number of amides is 1. The Morgan fingerprint density at radius 3 is 2.61 bits per heavy atom. The Kier molecular flexibility index (Phi) is 6.61. The summed E-state index contributed by atoms with van der Waals surface area (Å²) >= 11 is 0. The molecule has 1 unspecified atom stereocenters. The zero-order valence-corrected chi connectivity index (χ0v) is 21.0. The Labute approximate surface area is 221 Å². The highest BCUT2D eigenvalue weighted by atomic mass is 19.1. The molecule has 0 saturated carbocycles. The molecule has 1 amide bonds. The first kappa shape index (κ1) is 23.9. The molecule has 5 aromatic rings. The van der Waals surface area contributed by atoms with E-state index in [0.29, 0.717) is 31.1 Å². The molecular weight excluding hydrogens is 477 g/mol. The van der Waals surface area contributed by atoms with Gasteiger partial charge in [-0.25, -0.2) is 9.37 Å². The molecule has 3 heterocycles. The van der Waals surface area contributed by atoms with Crippen molar-refractivity contribution < 1.29 is 13.9 Å². The molecule has 0 saturated heterocycles. The molecule has 2 aromatic heterocycles. The predicted octanol–water partition coefficient (Wildman–Crippen LogP) is 6.16. The lowest BCUT2D eigenvalue weighted by molar-refractivity contribution is -0.132. The minimum atomic E-state index is -0.366. The highest BCUT2D eigenvalue weighted by Gasteiger charge is 2.27. The van der Waals surface area contributed by atoms with Gasteiger partial charge in [0.05, 0.1) is 5.69 Å². The number of pyridine rings is 1. The van der Waals surface area contributed by atoms with Gasteiger partial charge in [0.15, 0.2) is 11.4 Å². The fraction of sp³-hybridized carbons (Fsp3) is 0.188. The van der Waals surface area contributed by atoms with Crippen LogP contribution in [0.25, 0.3) is 5.65 Å². The van der Waals surface area contributed by atoms with Crippen molar-refractivity contribution in [3.63, 3.8) is 0 Å². The summed E-state index contributed by atoms with van der Waals surface area (Å²) in [5, 5.41) is 0. The average molecular weight is 506 g/mol. The fourth-order valence-corrected chi connectivity index (χ4v) is 5.24. The second-order valence-electron chi connectivity index (χ2n) is 9.67. The molecule has 6 rings (SSSR count). The first-order valence-corrected chi connectivity index (χ1v) is 12.9. The summed E-state index contributed by atoms with van der Waals surface area (Å²) in [5.41, 5.74) is 5.77. The zero-order chi connectivity index (χ0) is 25.9. The molecule has 38 heavy (non-hydrogen) atoms. The van der Waals surface area contributed by atoms with Crippen molar-refractivity contribution in [1.29, 1.82) is 0 Å². The van der Waals surface area contributed by atoms with Gasteiger partial charge in [-0.1, -0.05) is 66.7 Å². The van der Waals surface area contributed by atoms with E-state index >= 15 is 0 Å². The van der Waals surface area contributed by atoms with Crippen molar-refractivity contribution in [1.82, 2.24) is 14.3 Å². The van der Waals surface area contributed by atoms with Crippen LogP contribution >= 0.6 is 0 Å². The quantitative estimate of drug-likeness (QED) is 0.266. The van der Waals surface area contributed by atoms with E-state index in [-0.39, 0.29) is 24.1 Å². The Hall–Kier alpha value is -4.45. The number of nitrogens with zero attached hydrogens (tertiary/aromatic N) is 3. The lowest BCUT2D eigenvalue weighted by Gasteiger charge is -2.30. The maximum absolute atomic E-state index is 14.3. The summed E-state index contributed by atoms with van der Waals surface area (Å²) in [6.45, 7) is 1.69.